The maximum absolute atomic E-state index is 12.9. The monoisotopic (exact) mass is 337 g/mol. The molecule has 0 saturated carbocycles. The minimum absolute atomic E-state index is 0.281. The Hall–Kier alpha value is -3.28. The number of nitrogens with one attached hydrogen (secondary N) is 1. The maximum Gasteiger partial charge on any atom is 0.254 e. The number of para-hydroxylation sites is 1. The summed E-state index contributed by atoms with van der Waals surface area (Å²) in [6, 6.07) is 13.3. The van der Waals surface area contributed by atoms with Gasteiger partial charge in [0.15, 0.2) is 5.82 Å². The molecule has 5 nitrogen and oxygen atoms in total. The van der Waals surface area contributed by atoms with Crippen LogP contribution in [0.2, 0.25) is 0 Å². The van der Waals surface area contributed by atoms with Crippen molar-refractivity contribution in [3.63, 3.8) is 0 Å². The second-order valence-electron chi connectivity index (χ2n) is 5.30. The number of methoxy groups -OCH3 is 1. The number of halogens is 1. The molecule has 0 aliphatic heterocycles. The SMILES string of the molecule is COc1ccccc1CNC(=O)c1cnc(-c2ccc(F)cc2)nc1. The first-order valence-electron chi connectivity index (χ1n) is 7.65. The molecule has 1 aromatic heterocycles. The Balaban J connectivity index is 1.67. The van der Waals surface area contributed by atoms with Crippen LogP contribution >= 0.6 is 0 Å². The topological polar surface area (TPSA) is 64.1 Å². The molecule has 3 rings (SSSR count). The molecule has 1 heterocycles. The fourth-order valence-corrected chi connectivity index (χ4v) is 2.32. The van der Waals surface area contributed by atoms with Crippen molar-refractivity contribution in [2.24, 2.45) is 0 Å². The lowest BCUT2D eigenvalue weighted by atomic mass is 10.2. The Morgan fingerprint density at radius 1 is 1.08 bits per heavy atom. The lowest BCUT2D eigenvalue weighted by Crippen LogP contribution is -2.23. The van der Waals surface area contributed by atoms with E-state index in [1.165, 1.54) is 24.5 Å². The number of benzene rings is 2. The van der Waals surface area contributed by atoms with E-state index in [0.717, 1.165) is 5.56 Å². The van der Waals surface area contributed by atoms with Crippen LogP contribution in [0.4, 0.5) is 4.39 Å². The van der Waals surface area contributed by atoms with Crippen LogP contribution in [-0.4, -0.2) is 23.0 Å². The fourth-order valence-electron chi connectivity index (χ4n) is 2.32. The summed E-state index contributed by atoms with van der Waals surface area (Å²) in [5.74, 6) is 0.541. The summed E-state index contributed by atoms with van der Waals surface area (Å²) in [5, 5.41) is 2.81. The molecule has 0 fully saturated rings. The zero-order valence-corrected chi connectivity index (χ0v) is 13.6. The smallest absolute Gasteiger partial charge is 0.254 e. The van der Waals surface area contributed by atoms with Crippen LogP contribution in [0, 0.1) is 5.82 Å². The van der Waals surface area contributed by atoms with Gasteiger partial charge >= 0.3 is 0 Å². The van der Waals surface area contributed by atoms with E-state index in [1.54, 1.807) is 19.2 Å². The van der Waals surface area contributed by atoms with Gasteiger partial charge in [-0.1, -0.05) is 18.2 Å². The molecular weight excluding hydrogens is 321 g/mol. The third-order valence-corrected chi connectivity index (χ3v) is 3.65. The zero-order valence-electron chi connectivity index (χ0n) is 13.6. The molecule has 126 valence electrons. The number of carbonyl (C=O) groups is 1. The largest absolute Gasteiger partial charge is 0.496 e. The molecule has 25 heavy (non-hydrogen) atoms. The first-order chi connectivity index (χ1) is 12.2. The number of amides is 1. The van der Waals surface area contributed by atoms with Crippen LogP contribution in [0.1, 0.15) is 15.9 Å². The first-order valence-corrected chi connectivity index (χ1v) is 7.65. The highest BCUT2D eigenvalue weighted by molar-refractivity contribution is 5.93. The van der Waals surface area contributed by atoms with Crippen molar-refractivity contribution in [3.05, 3.63) is 77.9 Å². The van der Waals surface area contributed by atoms with E-state index in [4.69, 9.17) is 4.74 Å². The molecule has 6 heteroatoms. The van der Waals surface area contributed by atoms with Gasteiger partial charge in [-0.05, 0) is 30.3 Å². The molecule has 0 bridgehead atoms. The van der Waals surface area contributed by atoms with Gasteiger partial charge in [-0.25, -0.2) is 14.4 Å². The van der Waals surface area contributed by atoms with E-state index in [2.05, 4.69) is 15.3 Å². The van der Waals surface area contributed by atoms with Gasteiger partial charge in [-0.15, -0.1) is 0 Å². The highest BCUT2D eigenvalue weighted by Gasteiger charge is 2.09. The number of rotatable bonds is 5. The third kappa shape index (κ3) is 3.98. The van der Waals surface area contributed by atoms with Crippen LogP contribution < -0.4 is 10.1 Å². The molecular formula is C19H16FN3O2. The Labute approximate surface area is 144 Å². The lowest BCUT2D eigenvalue weighted by Gasteiger charge is -2.09. The first kappa shape index (κ1) is 16.6. The van der Waals surface area contributed by atoms with Gasteiger partial charge in [0.05, 0.1) is 12.7 Å². The summed E-state index contributed by atoms with van der Waals surface area (Å²) >= 11 is 0. The van der Waals surface area contributed by atoms with Gasteiger partial charge in [0.2, 0.25) is 0 Å². The summed E-state index contributed by atoms with van der Waals surface area (Å²) in [6.07, 6.45) is 2.90. The van der Waals surface area contributed by atoms with E-state index in [0.29, 0.717) is 29.2 Å². The number of ether oxygens (including phenoxy) is 1. The molecule has 0 radical (unpaired) electrons. The quantitative estimate of drug-likeness (QED) is 0.776. The molecule has 0 unspecified atom stereocenters. The number of aromatic nitrogens is 2. The third-order valence-electron chi connectivity index (χ3n) is 3.65. The zero-order chi connectivity index (χ0) is 17.6. The van der Waals surface area contributed by atoms with Crippen LogP contribution in [0.25, 0.3) is 11.4 Å². The highest BCUT2D eigenvalue weighted by Crippen LogP contribution is 2.17. The highest BCUT2D eigenvalue weighted by atomic mass is 19.1. The van der Waals surface area contributed by atoms with Gasteiger partial charge in [-0.3, -0.25) is 4.79 Å². The predicted molar refractivity (Wildman–Crippen MR) is 91.6 cm³/mol. The fraction of sp³-hybridized carbons (Fsp3) is 0.105. The summed E-state index contributed by atoms with van der Waals surface area (Å²) in [6.45, 7) is 0.336. The summed E-state index contributed by atoms with van der Waals surface area (Å²) < 4.78 is 18.2. The maximum atomic E-state index is 12.9. The standard InChI is InChI=1S/C19H16FN3O2/c1-25-17-5-3-2-4-14(17)10-23-19(24)15-11-21-18(22-12-15)13-6-8-16(20)9-7-13/h2-9,11-12H,10H2,1H3,(H,23,24). The van der Waals surface area contributed by atoms with E-state index in [-0.39, 0.29) is 11.7 Å². The van der Waals surface area contributed by atoms with E-state index in [9.17, 15) is 9.18 Å². The average Bonchev–Trinajstić information content (AvgIpc) is 2.67. The number of carbonyl (C=O) groups excluding carboxylic acids is 1. The van der Waals surface area contributed by atoms with Crippen molar-refractivity contribution in [2.75, 3.05) is 7.11 Å². The summed E-state index contributed by atoms with van der Waals surface area (Å²) in [4.78, 5) is 20.6. The molecule has 0 saturated heterocycles. The molecule has 2 aromatic carbocycles. The minimum atomic E-state index is -0.323. The molecule has 0 aliphatic rings. The second kappa shape index (κ2) is 7.53. The molecule has 1 amide bonds. The summed E-state index contributed by atoms with van der Waals surface area (Å²) in [5.41, 5.74) is 1.91. The molecule has 0 atom stereocenters. The van der Waals surface area contributed by atoms with Crippen molar-refractivity contribution in [3.8, 4) is 17.1 Å². The van der Waals surface area contributed by atoms with Gasteiger partial charge in [0, 0.05) is 30.1 Å². The van der Waals surface area contributed by atoms with Crippen molar-refractivity contribution in [2.45, 2.75) is 6.54 Å². The van der Waals surface area contributed by atoms with Crippen LogP contribution in [0.3, 0.4) is 0 Å². The Bertz CT molecular complexity index is 865. The Kier molecular flexibility index (Phi) is 4.99. The van der Waals surface area contributed by atoms with Crippen LogP contribution in [0.5, 0.6) is 5.75 Å². The summed E-state index contributed by atoms with van der Waals surface area (Å²) in [7, 11) is 1.59. The normalized spacial score (nSPS) is 10.3. The van der Waals surface area contributed by atoms with Gasteiger partial charge in [0.1, 0.15) is 11.6 Å². The second-order valence-corrected chi connectivity index (χ2v) is 5.30. The Morgan fingerprint density at radius 3 is 2.44 bits per heavy atom. The minimum Gasteiger partial charge on any atom is -0.496 e. The number of hydrogen-bond acceptors (Lipinski definition) is 4. The molecule has 1 N–H and O–H groups in total. The van der Waals surface area contributed by atoms with Crippen molar-refractivity contribution in [1.82, 2.24) is 15.3 Å². The van der Waals surface area contributed by atoms with Crippen molar-refractivity contribution < 1.29 is 13.9 Å². The van der Waals surface area contributed by atoms with Crippen LogP contribution in [-0.2, 0) is 6.54 Å². The number of hydrogen-bond donors (Lipinski definition) is 1. The molecule has 0 aliphatic carbocycles. The van der Waals surface area contributed by atoms with Gasteiger partial charge in [-0.2, -0.15) is 0 Å². The Morgan fingerprint density at radius 2 is 1.76 bits per heavy atom. The van der Waals surface area contributed by atoms with Gasteiger partial charge in [0.25, 0.3) is 5.91 Å². The molecule has 3 aromatic rings. The van der Waals surface area contributed by atoms with E-state index < -0.39 is 0 Å². The van der Waals surface area contributed by atoms with Crippen molar-refractivity contribution in [1.29, 1.82) is 0 Å². The number of nitrogens with zero attached hydrogens (tertiary/aromatic N) is 2. The van der Waals surface area contributed by atoms with Gasteiger partial charge < -0.3 is 10.1 Å². The predicted octanol–water partition coefficient (Wildman–Crippen LogP) is 3.22. The average molecular weight is 337 g/mol. The van der Waals surface area contributed by atoms with Crippen molar-refractivity contribution >= 4 is 5.91 Å². The van der Waals surface area contributed by atoms with E-state index in [1.807, 2.05) is 24.3 Å². The molecule has 0 spiro atoms. The lowest BCUT2D eigenvalue weighted by molar-refractivity contribution is 0.0950. The van der Waals surface area contributed by atoms with E-state index >= 15 is 0 Å². The van der Waals surface area contributed by atoms with Crippen LogP contribution in [0.15, 0.2) is 60.9 Å².